The molecule has 0 fully saturated rings. The number of nitrogens with zero attached hydrogens (tertiary/aromatic N) is 3. The van der Waals surface area contributed by atoms with E-state index in [1.165, 1.54) is 24.4 Å². The number of benzene rings is 1. The lowest BCUT2D eigenvalue weighted by Gasteiger charge is -2.17. The van der Waals surface area contributed by atoms with E-state index in [4.69, 9.17) is 5.73 Å². The number of nitrogens with two attached hydrogens (primary N) is 1. The summed E-state index contributed by atoms with van der Waals surface area (Å²) < 4.78 is 36.1. The Bertz CT molecular complexity index is 648. The number of aromatic nitrogens is 2. The van der Waals surface area contributed by atoms with E-state index in [1.807, 2.05) is 0 Å². The molecule has 0 saturated carbocycles. The van der Waals surface area contributed by atoms with E-state index in [0.29, 0.717) is 4.31 Å². The monoisotopic (exact) mass is 268 g/mol. The highest BCUT2D eigenvalue weighted by Crippen LogP contribution is 2.26. The third-order valence-electron chi connectivity index (χ3n) is 2.05. The molecule has 0 bridgehead atoms. The van der Waals surface area contributed by atoms with Crippen LogP contribution in [0.15, 0.2) is 42.6 Å². The predicted molar refractivity (Wildman–Crippen MR) is 65.1 cm³/mol. The lowest BCUT2D eigenvalue weighted by molar-refractivity contribution is 0.551. The SMILES string of the molecule is Nc1ccnc(N(c2ccccc2)S(=O)(=O)F)n1. The Morgan fingerprint density at radius 3 is 2.39 bits per heavy atom. The van der Waals surface area contributed by atoms with Crippen molar-refractivity contribution < 1.29 is 12.3 Å². The lowest BCUT2D eigenvalue weighted by atomic mass is 10.3. The summed E-state index contributed by atoms with van der Waals surface area (Å²) in [4.78, 5) is 7.39. The molecule has 2 aromatic rings. The minimum absolute atomic E-state index is 0.0459. The topological polar surface area (TPSA) is 89.2 Å². The van der Waals surface area contributed by atoms with Crippen molar-refractivity contribution in [2.24, 2.45) is 0 Å². The third-order valence-corrected chi connectivity index (χ3v) is 2.87. The molecule has 0 atom stereocenters. The van der Waals surface area contributed by atoms with Crippen LogP contribution in [-0.2, 0) is 10.4 Å². The smallest absolute Gasteiger partial charge is 0.384 e. The zero-order valence-corrected chi connectivity index (χ0v) is 9.88. The van der Waals surface area contributed by atoms with Crippen LogP contribution >= 0.6 is 0 Å². The van der Waals surface area contributed by atoms with Crippen LogP contribution in [0.4, 0.5) is 21.3 Å². The Kier molecular flexibility index (Phi) is 3.11. The van der Waals surface area contributed by atoms with Crippen LogP contribution in [0.2, 0.25) is 0 Å². The number of nitrogen functional groups attached to an aromatic ring is 1. The zero-order valence-electron chi connectivity index (χ0n) is 9.06. The molecule has 0 radical (unpaired) electrons. The maximum atomic E-state index is 13.3. The maximum absolute atomic E-state index is 13.3. The number of hydrogen-bond acceptors (Lipinski definition) is 5. The average molecular weight is 268 g/mol. The Labute approximate surface area is 103 Å². The summed E-state index contributed by atoms with van der Waals surface area (Å²) in [5.74, 6) is -0.298. The first kappa shape index (κ1) is 12.2. The van der Waals surface area contributed by atoms with E-state index in [1.54, 1.807) is 18.2 Å². The van der Waals surface area contributed by atoms with Crippen LogP contribution in [-0.4, -0.2) is 18.4 Å². The summed E-state index contributed by atoms with van der Waals surface area (Å²) in [7, 11) is -5.03. The standard InChI is InChI=1S/C10H9FN4O2S/c11-18(16,17)15(8-4-2-1-3-5-8)10-13-7-6-9(12)14-10/h1-7H,(H2,12,13,14). The second kappa shape index (κ2) is 4.57. The van der Waals surface area contributed by atoms with Gasteiger partial charge in [0.05, 0.1) is 5.69 Å². The first-order valence-corrected chi connectivity index (χ1v) is 6.21. The molecule has 94 valence electrons. The highest BCUT2D eigenvalue weighted by atomic mass is 32.3. The van der Waals surface area contributed by atoms with Crippen molar-refractivity contribution in [3.63, 3.8) is 0 Å². The van der Waals surface area contributed by atoms with E-state index in [2.05, 4.69) is 9.97 Å². The van der Waals surface area contributed by atoms with Crippen LogP contribution in [0.25, 0.3) is 0 Å². The Morgan fingerprint density at radius 1 is 1.17 bits per heavy atom. The van der Waals surface area contributed by atoms with Gasteiger partial charge in [0.2, 0.25) is 5.95 Å². The van der Waals surface area contributed by atoms with Crippen molar-refractivity contribution in [1.82, 2.24) is 9.97 Å². The van der Waals surface area contributed by atoms with Gasteiger partial charge in [-0.3, -0.25) is 0 Å². The average Bonchev–Trinajstić information content (AvgIpc) is 2.28. The van der Waals surface area contributed by atoms with Gasteiger partial charge in [-0.1, -0.05) is 22.1 Å². The maximum Gasteiger partial charge on any atom is 0.406 e. The lowest BCUT2D eigenvalue weighted by Crippen LogP contribution is -2.24. The van der Waals surface area contributed by atoms with Gasteiger partial charge in [-0.05, 0) is 18.2 Å². The summed E-state index contributed by atoms with van der Waals surface area (Å²) >= 11 is 0. The molecular formula is C10H9FN4O2S. The van der Waals surface area contributed by atoms with Gasteiger partial charge in [-0.25, -0.2) is 4.98 Å². The van der Waals surface area contributed by atoms with Crippen LogP contribution < -0.4 is 10.0 Å². The minimum Gasteiger partial charge on any atom is -0.384 e. The molecule has 2 rings (SSSR count). The molecule has 0 saturated heterocycles. The second-order valence-corrected chi connectivity index (χ2v) is 4.51. The highest BCUT2D eigenvalue weighted by Gasteiger charge is 2.26. The Hall–Kier alpha value is -2.22. The van der Waals surface area contributed by atoms with Crippen molar-refractivity contribution in [1.29, 1.82) is 0 Å². The molecule has 1 aromatic carbocycles. The van der Waals surface area contributed by atoms with E-state index in [0.717, 1.165) is 0 Å². The van der Waals surface area contributed by atoms with Crippen LogP contribution in [0.3, 0.4) is 0 Å². The number of hydrogen-bond donors (Lipinski definition) is 1. The van der Waals surface area contributed by atoms with Crippen molar-refractivity contribution >= 4 is 27.9 Å². The van der Waals surface area contributed by atoms with Crippen LogP contribution in [0.5, 0.6) is 0 Å². The molecule has 2 N–H and O–H groups in total. The van der Waals surface area contributed by atoms with Crippen LogP contribution in [0.1, 0.15) is 0 Å². The van der Waals surface area contributed by atoms with Gasteiger partial charge in [0.1, 0.15) is 5.82 Å². The molecule has 0 aliphatic carbocycles. The molecule has 0 spiro atoms. The highest BCUT2D eigenvalue weighted by molar-refractivity contribution is 7.88. The van der Waals surface area contributed by atoms with E-state index >= 15 is 0 Å². The van der Waals surface area contributed by atoms with Gasteiger partial charge in [0.25, 0.3) is 0 Å². The molecular weight excluding hydrogens is 259 g/mol. The minimum atomic E-state index is -5.03. The van der Waals surface area contributed by atoms with E-state index < -0.39 is 10.4 Å². The molecule has 0 unspecified atom stereocenters. The fourth-order valence-corrected chi connectivity index (χ4v) is 2.02. The molecule has 0 aliphatic heterocycles. The summed E-state index contributed by atoms with van der Waals surface area (Å²) in [6.07, 6.45) is 1.25. The molecule has 0 aliphatic rings. The first-order valence-electron chi connectivity index (χ1n) is 4.87. The quantitative estimate of drug-likeness (QED) is 0.850. The third kappa shape index (κ3) is 2.54. The normalized spacial score (nSPS) is 11.2. The largest absolute Gasteiger partial charge is 0.406 e. The zero-order chi connectivity index (χ0) is 13.2. The summed E-state index contributed by atoms with van der Waals surface area (Å²) in [5, 5.41) is 0. The van der Waals surface area contributed by atoms with Gasteiger partial charge >= 0.3 is 10.4 Å². The number of anilines is 3. The van der Waals surface area contributed by atoms with Crippen LogP contribution in [0, 0.1) is 0 Å². The molecule has 0 amide bonds. The molecule has 6 nitrogen and oxygen atoms in total. The first-order chi connectivity index (χ1) is 8.48. The van der Waals surface area contributed by atoms with Crippen molar-refractivity contribution in [3.8, 4) is 0 Å². The summed E-state index contributed by atoms with van der Waals surface area (Å²) in [6.45, 7) is 0. The fourth-order valence-electron chi connectivity index (χ4n) is 1.36. The van der Waals surface area contributed by atoms with Crippen molar-refractivity contribution in [2.75, 3.05) is 10.0 Å². The number of para-hydroxylation sites is 1. The predicted octanol–water partition coefficient (Wildman–Crippen LogP) is 1.41. The van der Waals surface area contributed by atoms with E-state index in [9.17, 15) is 12.3 Å². The van der Waals surface area contributed by atoms with Crippen molar-refractivity contribution in [3.05, 3.63) is 42.6 Å². The van der Waals surface area contributed by atoms with Gasteiger partial charge in [-0.15, -0.1) is 0 Å². The summed E-state index contributed by atoms with van der Waals surface area (Å²) in [5.41, 5.74) is 5.51. The number of halogens is 1. The Morgan fingerprint density at radius 2 is 1.83 bits per heavy atom. The Balaban J connectivity index is 2.58. The summed E-state index contributed by atoms with van der Waals surface area (Å²) in [6, 6.07) is 9.03. The van der Waals surface area contributed by atoms with Crippen molar-refractivity contribution in [2.45, 2.75) is 0 Å². The van der Waals surface area contributed by atoms with Gasteiger partial charge in [-0.2, -0.15) is 17.7 Å². The molecule has 1 aromatic heterocycles. The number of rotatable bonds is 3. The van der Waals surface area contributed by atoms with Gasteiger partial charge in [0.15, 0.2) is 0 Å². The molecule has 8 heteroatoms. The van der Waals surface area contributed by atoms with E-state index in [-0.39, 0.29) is 17.5 Å². The molecule has 1 heterocycles. The fraction of sp³-hybridized carbons (Fsp3) is 0. The van der Waals surface area contributed by atoms with Gasteiger partial charge < -0.3 is 5.73 Å². The second-order valence-electron chi connectivity index (χ2n) is 3.32. The molecule has 18 heavy (non-hydrogen) atoms. The van der Waals surface area contributed by atoms with Gasteiger partial charge in [0, 0.05) is 6.20 Å².